The van der Waals surface area contributed by atoms with Crippen molar-refractivity contribution in [3.05, 3.63) is 52.5 Å². The van der Waals surface area contributed by atoms with E-state index in [1.807, 2.05) is 6.92 Å². The monoisotopic (exact) mass is 376 g/mol. The molecular formula is C19H21ClN2O4. The molecule has 1 amide bonds. The highest BCUT2D eigenvalue weighted by atomic mass is 35.5. The van der Waals surface area contributed by atoms with Gasteiger partial charge in [0.15, 0.2) is 17.6 Å². The molecule has 0 heterocycles. The maximum atomic E-state index is 12.2. The average molecular weight is 377 g/mol. The van der Waals surface area contributed by atoms with Crippen molar-refractivity contribution in [3.8, 4) is 17.2 Å². The summed E-state index contributed by atoms with van der Waals surface area (Å²) in [6.45, 7) is 5.23. The molecule has 0 aliphatic rings. The zero-order valence-electron chi connectivity index (χ0n) is 15.0. The van der Waals surface area contributed by atoms with Crippen LogP contribution in [-0.2, 0) is 4.79 Å². The number of phenols is 1. The Labute approximate surface area is 157 Å². The van der Waals surface area contributed by atoms with Crippen molar-refractivity contribution in [1.29, 1.82) is 0 Å². The van der Waals surface area contributed by atoms with Crippen LogP contribution in [-0.4, -0.2) is 29.9 Å². The van der Waals surface area contributed by atoms with Gasteiger partial charge < -0.3 is 14.6 Å². The Morgan fingerprint density at radius 2 is 1.96 bits per heavy atom. The molecule has 0 saturated heterocycles. The lowest BCUT2D eigenvalue weighted by Gasteiger charge is -2.15. The number of hydrazone groups is 1. The van der Waals surface area contributed by atoms with Crippen molar-refractivity contribution in [2.24, 2.45) is 5.10 Å². The van der Waals surface area contributed by atoms with Crippen LogP contribution in [0, 0.1) is 6.92 Å². The van der Waals surface area contributed by atoms with Crippen LogP contribution in [0.2, 0.25) is 5.02 Å². The molecule has 0 aliphatic carbocycles. The Balaban J connectivity index is 2.03. The lowest BCUT2D eigenvalue weighted by molar-refractivity contribution is -0.127. The molecule has 1 atom stereocenters. The Hall–Kier alpha value is -2.73. The summed E-state index contributed by atoms with van der Waals surface area (Å²) in [5, 5.41) is 14.3. The molecule has 0 radical (unpaired) electrons. The quantitative estimate of drug-likeness (QED) is 0.595. The summed E-state index contributed by atoms with van der Waals surface area (Å²) in [7, 11) is 1.46. The van der Waals surface area contributed by atoms with E-state index in [2.05, 4.69) is 10.5 Å². The third-order valence-electron chi connectivity index (χ3n) is 3.74. The van der Waals surface area contributed by atoms with E-state index in [9.17, 15) is 9.90 Å². The highest BCUT2D eigenvalue weighted by molar-refractivity contribution is 6.30. The van der Waals surface area contributed by atoms with Gasteiger partial charge in [0.2, 0.25) is 0 Å². The summed E-state index contributed by atoms with van der Waals surface area (Å²) >= 11 is 5.91. The second kappa shape index (κ2) is 8.58. The number of nitrogens with zero attached hydrogens (tertiary/aromatic N) is 1. The molecule has 6 nitrogen and oxygen atoms in total. The number of amides is 1. The van der Waals surface area contributed by atoms with Gasteiger partial charge in [0.25, 0.3) is 5.91 Å². The average Bonchev–Trinajstić information content (AvgIpc) is 2.62. The van der Waals surface area contributed by atoms with Crippen LogP contribution in [0.5, 0.6) is 17.2 Å². The predicted molar refractivity (Wildman–Crippen MR) is 101 cm³/mol. The topological polar surface area (TPSA) is 80.2 Å². The molecule has 2 rings (SSSR count). The Bertz CT molecular complexity index is 836. The van der Waals surface area contributed by atoms with Gasteiger partial charge in [0, 0.05) is 10.6 Å². The first-order valence-electron chi connectivity index (χ1n) is 7.96. The number of ether oxygens (including phenoxy) is 2. The number of carbonyl (C=O) groups is 1. The van der Waals surface area contributed by atoms with Gasteiger partial charge in [-0.15, -0.1) is 0 Å². The van der Waals surface area contributed by atoms with E-state index in [1.54, 1.807) is 44.2 Å². The van der Waals surface area contributed by atoms with Crippen molar-refractivity contribution < 1.29 is 19.4 Å². The maximum absolute atomic E-state index is 12.2. The van der Waals surface area contributed by atoms with E-state index in [0.717, 1.165) is 5.56 Å². The molecular weight excluding hydrogens is 356 g/mol. The number of phenolic OH excluding ortho intramolecular Hbond substituents is 1. The summed E-state index contributed by atoms with van der Waals surface area (Å²) in [6.07, 6.45) is -0.735. The SMILES string of the molecule is COc1cc(C(C)=NNC(=O)C(C)Oc2ccc(Cl)cc2C)ccc1O. The summed E-state index contributed by atoms with van der Waals surface area (Å²) in [5.74, 6) is 0.567. The van der Waals surface area contributed by atoms with Gasteiger partial charge >= 0.3 is 0 Å². The van der Waals surface area contributed by atoms with E-state index >= 15 is 0 Å². The molecule has 0 saturated carbocycles. The third-order valence-corrected chi connectivity index (χ3v) is 3.98. The smallest absolute Gasteiger partial charge is 0.280 e. The molecule has 0 aromatic heterocycles. The van der Waals surface area contributed by atoms with Crippen LogP contribution < -0.4 is 14.9 Å². The fourth-order valence-electron chi connectivity index (χ4n) is 2.19. The molecule has 0 aliphatic heterocycles. The number of carbonyl (C=O) groups excluding carboxylic acids is 1. The number of methoxy groups -OCH3 is 1. The summed E-state index contributed by atoms with van der Waals surface area (Å²) in [4.78, 5) is 12.2. The summed E-state index contributed by atoms with van der Waals surface area (Å²) in [5.41, 5.74) is 4.59. The molecule has 7 heteroatoms. The van der Waals surface area contributed by atoms with E-state index < -0.39 is 6.10 Å². The van der Waals surface area contributed by atoms with E-state index in [0.29, 0.717) is 27.8 Å². The van der Waals surface area contributed by atoms with Crippen LogP contribution in [0.3, 0.4) is 0 Å². The van der Waals surface area contributed by atoms with E-state index in [-0.39, 0.29) is 11.7 Å². The molecule has 0 spiro atoms. The first kappa shape index (κ1) is 19.6. The number of rotatable bonds is 6. The normalized spacial score (nSPS) is 12.4. The van der Waals surface area contributed by atoms with Gasteiger partial charge in [-0.05, 0) is 62.7 Å². The molecule has 1 unspecified atom stereocenters. The third kappa shape index (κ3) is 4.89. The highest BCUT2D eigenvalue weighted by Gasteiger charge is 2.15. The van der Waals surface area contributed by atoms with Crippen molar-refractivity contribution in [2.45, 2.75) is 26.9 Å². The number of nitrogens with one attached hydrogen (secondary N) is 1. The van der Waals surface area contributed by atoms with E-state index in [1.165, 1.54) is 13.2 Å². The van der Waals surface area contributed by atoms with Crippen molar-refractivity contribution >= 4 is 23.2 Å². The number of aryl methyl sites for hydroxylation is 1. The van der Waals surface area contributed by atoms with Crippen LogP contribution >= 0.6 is 11.6 Å². The van der Waals surface area contributed by atoms with Crippen LogP contribution in [0.15, 0.2) is 41.5 Å². The largest absolute Gasteiger partial charge is 0.504 e. The lowest BCUT2D eigenvalue weighted by Crippen LogP contribution is -2.34. The van der Waals surface area contributed by atoms with E-state index in [4.69, 9.17) is 21.1 Å². The fraction of sp³-hybridized carbons (Fsp3) is 0.263. The molecule has 2 N–H and O–H groups in total. The first-order valence-corrected chi connectivity index (χ1v) is 8.34. The van der Waals surface area contributed by atoms with Crippen molar-refractivity contribution in [2.75, 3.05) is 7.11 Å². The van der Waals surface area contributed by atoms with Crippen LogP contribution in [0.25, 0.3) is 0 Å². The Morgan fingerprint density at radius 1 is 1.23 bits per heavy atom. The minimum Gasteiger partial charge on any atom is -0.504 e. The number of aromatic hydroxyl groups is 1. The molecule has 0 bridgehead atoms. The zero-order chi connectivity index (χ0) is 19.3. The Morgan fingerprint density at radius 3 is 2.62 bits per heavy atom. The van der Waals surface area contributed by atoms with Crippen LogP contribution in [0.1, 0.15) is 25.0 Å². The lowest BCUT2D eigenvalue weighted by atomic mass is 10.1. The molecule has 2 aromatic rings. The molecule has 0 fully saturated rings. The van der Waals surface area contributed by atoms with Gasteiger partial charge in [-0.2, -0.15) is 5.10 Å². The minimum atomic E-state index is -0.735. The minimum absolute atomic E-state index is 0.0356. The predicted octanol–water partition coefficient (Wildman–Crippen LogP) is 3.67. The fourth-order valence-corrected chi connectivity index (χ4v) is 2.41. The highest BCUT2D eigenvalue weighted by Crippen LogP contribution is 2.26. The van der Waals surface area contributed by atoms with Gasteiger partial charge in [0.05, 0.1) is 12.8 Å². The number of hydrogen-bond donors (Lipinski definition) is 2. The maximum Gasteiger partial charge on any atom is 0.280 e. The van der Waals surface area contributed by atoms with Gasteiger partial charge in [-0.1, -0.05) is 11.6 Å². The standard InChI is InChI=1S/C19H21ClN2O4/c1-11-9-15(20)6-8-17(11)26-13(3)19(24)22-21-12(2)14-5-7-16(23)18(10-14)25-4/h5-10,13,23H,1-4H3,(H,22,24). The summed E-state index contributed by atoms with van der Waals surface area (Å²) < 4.78 is 10.7. The van der Waals surface area contributed by atoms with Gasteiger partial charge in [-0.3, -0.25) is 4.79 Å². The Kier molecular flexibility index (Phi) is 6.46. The molecule has 26 heavy (non-hydrogen) atoms. The number of benzene rings is 2. The summed E-state index contributed by atoms with van der Waals surface area (Å²) in [6, 6.07) is 10.0. The number of hydrogen-bond acceptors (Lipinski definition) is 5. The van der Waals surface area contributed by atoms with Gasteiger partial charge in [0.1, 0.15) is 5.75 Å². The van der Waals surface area contributed by atoms with Crippen molar-refractivity contribution in [1.82, 2.24) is 5.43 Å². The second-order valence-electron chi connectivity index (χ2n) is 5.73. The van der Waals surface area contributed by atoms with Crippen molar-refractivity contribution in [3.63, 3.8) is 0 Å². The molecule has 138 valence electrons. The second-order valence-corrected chi connectivity index (χ2v) is 6.17. The van der Waals surface area contributed by atoms with Crippen LogP contribution in [0.4, 0.5) is 0 Å². The number of halogens is 1. The van der Waals surface area contributed by atoms with Gasteiger partial charge in [-0.25, -0.2) is 5.43 Å². The molecule has 2 aromatic carbocycles. The first-order chi connectivity index (χ1) is 12.3. The zero-order valence-corrected chi connectivity index (χ0v) is 15.8.